The summed E-state index contributed by atoms with van der Waals surface area (Å²) in [5.74, 6) is 0.705. The molecule has 0 saturated heterocycles. The van der Waals surface area contributed by atoms with Crippen molar-refractivity contribution in [1.82, 2.24) is 9.97 Å². The van der Waals surface area contributed by atoms with Gasteiger partial charge < -0.3 is 5.32 Å². The van der Waals surface area contributed by atoms with Gasteiger partial charge in [-0.25, -0.2) is 18.4 Å². The molecular weight excluding hydrogens is 346 g/mol. The van der Waals surface area contributed by atoms with Gasteiger partial charge >= 0.3 is 0 Å². The van der Waals surface area contributed by atoms with E-state index in [0.29, 0.717) is 15.7 Å². The molecule has 0 saturated carbocycles. The van der Waals surface area contributed by atoms with E-state index >= 15 is 0 Å². The van der Waals surface area contributed by atoms with Gasteiger partial charge in [0.05, 0.1) is 10.4 Å². The number of benzene rings is 2. The Morgan fingerprint density at radius 2 is 1.79 bits per heavy atom. The summed E-state index contributed by atoms with van der Waals surface area (Å²) in [5, 5.41) is 4.83. The summed E-state index contributed by atoms with van der Waals surface area (Å²) in [5.41, 5.74) is 1.72. The molecule has 2 aromatic carbocycles. The first-order valence-corrected chi connectivity index (χ1v) is 9.58. The molecular formula is C17H16ClN3O2S. The van der Waals surface area contributed by atoms with Crippen molar-refractivity contribution in [3.8, 4) is 0 Å². The van der Waals surface area contributed by atoms with Crippen LogP contribution in [0.3, 0.4) is 0 Å². The van der Waals surface area contributed by atoms with Crippen molar-refractivity contribution in [2.75, 3.05) is 11.6 Å². The van der Waals surface area contributed by atoms with Crippen molar-refractivity contribution in [2.24, 2.45) is 0 Å². The number of rotatable bonds is 4. The van der Waals surface area contributed by atoms with Gasteiger partial charge in [-0.15, -0.1) is 0 Å². The topological polar surface area (TPSA) is 72.0 Å². The molecule has 0 spiro atoms. The van der Waals surface area contributed by atoms with Gasteiger partial charge in [0.1, 0.15) is 12.1 Å². The van der Waals surface area contributed by atoms with E-state index in [1.165, 1.54) is 12.6 Å². The Morgan fingerprint density at radius 3 is 2.46 bits per heavy atom. The van der Waals surface area contributed by atoms with E-state index in [0.717, 1.165) is 16.5 Å². The third-order valence-electron chi connectivity index (χ3n) is 3.76. The van der Waals surface area contributed by atoms with Crippen LogP contribution in [0.4, 0.5) is 5.82 Å². The van der Waals surface area contributed by atoms with Crippen LogP contribution in [-0.4, -0.2) is 24.6 Å². The molecule has 0 fully saturated rings. The summed E-state index contributed by atoms with van der Waals surface area (Å²) in [6.07, 6.45) is 2.68. The van der Waals surface area contributed by atoms with Gasteiger partial charge in [0.2, 0.25) is 0 Å². The molecule has 0 aliphatic carbocycles. The predicted octanol–water partition coefficient (Wildman–Crippen LogP) is 3.86. The smallest absolute Gasteiger partial charge is 0.175 e. The molecule has 24 heavy (non-hydrogen) atoms. The van der Waals surface area contributed by atoms with Crippen LogP contribution >= 0.6 is 11.6 Å². The normalized spacial score (nSPS) is 13.0. The van der Waals surface area contributed by atoms with Crippen LogP contribution < -0.4 is 5.32 Å². The van der Waals surface area contributed by atoms with E-state index in [4.69, 9.17) is 11.6 Å². The van der Waals surface area contributed by atoms with Crippen molar-refractivity contribution < 1.29 is 8.42 Å². The fourth-order valence-electron chi connectivity index (χ4n) is 2.44. The quantitative estimate of drug-likeness (QED) is 0.763. The van der Waals surface area contributed by atoms with Gasteiger partial charge in [-0.1, -0.05) is 23.7 Å². The van der Waals surface area contributed by atoms with Crippen LogP contribution in [0.1, 0.15) is 18.5 Å². The molecule has 1 N–H and O–H groups in total. The lowest BCUT2D eigenvalue weighted by atomic mass is 10.1. The summed E-state index contributed by atoms with van der Waals surface area (Å²) in [7, 11) is -3.19. The maximum Gasteiger partial charge on any atom is 0.175 e. The highest BCUT2D eigenvalue weighted by atomic mass is 35.5. The fourth-order valence-corrected chi connectivity index (χ4v) is 3.23. The summed E-state index contributed by atoms with van der Waals surface area (Å²) < 4.78 is 23.1. The number of fused-ring (bicyclic) bond motifs is 1. The number of hydrogen-bond donors (Lipinski definition) is 1. The molecule has 0 aliphatic heterocycles. The number of anilines is 1. The van der Waals surface area contributed by atoms with Crippen LogP contribution in [0.15, 0.2) is 53.7 Å². The summed E-state index contributed by atoms with van der Waals surface area (Å²) >= 11 is 5.99. The lowest BCUT2D eigenvalue weighted by Gasteiger charge is -2.16. The maximum absolute atomic E-state index is 11.5. The van der Waals surface area contributed by atoms with Crippen molar-refractivity contribution in [2.45, 2.75) is 17.9 Å². The predicted molar refractivity (Wildman–Crippen MR) is 96.1 cm³/mol. The minimum absolute atomic E-state index is 0.0487. The summed E-state index contributed by atoms with van der Waals surface area (Å²) in [6.45, 7) is 1.99. The largest absolute Gasteiger partial charge is 0.363 e. The molecule has 7 heteroatoms. The lowest BCUT2D eigenvalue weighted by molar-refractivity contribution is 0.602. The summed E-state index contributed by atoms with van der Waals surface area (Å²) in [6, 6.07) is 12.2. The molecule has 5 nitrogen and oxygen atoms in total. The van der Waals surface area contributed by atoms with E-state index in [1.807, 2.05) is 13.0 Å². The first kappa shape index (κ1) is 16.7. The molecule has 1 unspecified atom stereocenters. The Kier molecular flexibility index (Phi) is 4.43. The molecule has 1 aromatic heterocycles. The molecule has 1 atom stereocenters. The van der Waals surface area contributed by atoms with Crippen molar-refractivity contribution >= 4 is 38.2 Å². The zero-order chi connectivity index (χ0) is 17.3. The molecule has 1 heterocycles. The van der Waals surface area contributed by atoms with Gasteiger partial charge in [0.15, 0.2) is 9.84 Å². The number of hydrogen-bond acceptors (Lipinski definition) is 5. The van der Waals surface area contributed by atoms with E-state index in [1.54, 1.807) is 36.4 Å². The average molecular weight is 362 g/mol. The van der Waals surface area contributed by atoms with Crippen LogP contribution in [0.25, 0.3) is 10.9 Å². The van der Waals surface area contributed by atoms with E-state index < -0.39 is 9.84 Å². The van der Waals surface area contributed by atoms with Gasteiger partial charge in [-0.2, -0.15) is 0 Å². The number of nitrogens with one attached hydrogen (secondary N) is 1. The average Bonchev–Trinajstić information content (AvgIpc) is 2.54. The first-order valence-electron chi connectivity index (χ1n) is 7.31. The Bertz CT molecular complexity index is 988. The Hall–Kier alpha value is -2.18. The highest BCUT2D eigenvalue weighted by Crippen LogP contribution is 2.26. The van der Waals surface area contributed by atoms with Gasteiger partial charge in [-0.05, 0) is 42.8 Å². The second-order valence-corrected chi connectivity index (χ2v) is 8.04. The third-order valence-corrected chi connectivity index (χ3v) is 5.12. The van der Waals surface area contributed by atoms with Crippen LogP contribution in [0.5, 0.6) is 0 Å². The molecule has 3 aromatic rings. The molecule has 0 bridgehead atoms. The number of halogens is 1. The van der Waals surface area contributed by atoms with Crippen LogP contribution in [-0.2, 0) is 9.84 Å². The third kappa shape index (κ3) is 3.49. The Labute approximate surface area is 145 Å². The zero-order valence-corrected chi connectivity index (χ0v) is 14.8. The molecule has 0 amide bonds. The van der Waals surface area contributed by atoms with Gasteiger partial charge in [0.25, 0.3) is 0 Å². The van der Waals surface area contributed by atoms with Gasteiger partial charge in [-0.3, -0.25) is 0 Å². The minimum atomic E-state index is -3.19. The minimum Gasteiger partial charge on any atom is -0.363 e. The van der Waals surface area contributed by atoms with Crippen molar-refractivity contribution in [1.29, 1.82) is 0 Å². The molecule has 0 aliphatic rings. The Balaban J connectivity index is 1.88. The molecule has 124 valence electrons. The number of aromatic nitrogens is 2. The first-order chi connectivity index (χ1) is 11.3. The standard InChI is InChI=1S/C17H16ClN3O2S/c1-11(12-3-6-14(7-4-12)24(2,22)23)21-17-15-8-5-13(18)9-16(15)19-10-20-17/h3-11H,1-2H3,(H,19,20,21). The molecule has 0 radical (unpaired) electrons. The van der Waals surface area contributed by atoms with Crippen molar-refractivity contribution in [3.63, 3.8) is 0 Å². The van der Waals surface area contributed by atoms with Crippen molar-refractivity contribution in [3.05, 3.63) is 59.4 Å². The maximum atomic E-state index is 11.5. The second kappa shape index (κ2) is 6.37. The van der Waals surface area contributed by atoms with E-state index in [9.17, 15) is 8.42 Å². The lowest BCUT2D eigenvalue weighted by Crippen LogP contribution is -2.09. The SMILES string of the molecule is CC(Nc1ncnc2cc(Cl)ccc12)c1ccc(S(C)(=O)=O)cc1. The number of nitrogens with zero attached hydrogens (tertiary/aromatic N) is 2. The monoisotopic (exact) mass is 361 g/mol. The highest BCUT2D eigenvalue weighted by molar-refractivity contribution is 7.90. The second-order valence-electron chi connectivity index (χ2n) is 5.59. The summed E-state index contributed by atoms with van der Waals surface area (Å²) in [4.78, 5) is 8.82. The molecule has 3 rings (SSSR count). The van der Waals surface area contributed by atoms with Crippen LogP contribution in [0.2, 0.25) is 5.02 Å². The zero-order valence-electron chi connectivity index (χ0n) is 13.2. The number of sulfone groups is 1. The van der Waals surface area contributed by atoms with E-state index in [-0.39, 0.29) is 6.04 Å². The fraction of sp³-hybridized carbons (Fsp3) is 0.176. The van der Waals surface area contributed by atoms with Gasteiger partial charge in [0, 0.05) is 22.7 Å². The van der Waals surface area contributed by atoms with E-state index in [2.05, 4.69) is 15.3 Å². The Morgan fingerprint density at radius 1 is 1.08 bits per heavy atom. The highest BCUT2D eigenvalue weighted by Gasteiger charge is 2.12. The van der Waals surface area contributed by atoms with Crippen LogP contribution in [0, 0.1) is 0 Å².